The first-order valence-corrected chi connectivity index (χ1v) is 12.9. The third-order valence-corrected chi connectivity index (χ3v) is 8.97. The Morgan fingerprint density at radius 1 is 1.15 bits per heavy atom. The number of carbonyl (C=O) groups excluding carboxylic acids is 1. The molecule has 1 aromatic rings. The van der Waals surface area contributed by atoms with Crippen molar-refractivity contribution >= 4 is 29.2 Å². The van der Waals surface area contributed by atoms with E-state index >= 15 is 0 Å². The number of aromatic carboxylic acids is 1. The Balaban J connectivity index is 1.57. The van der Waals surface area contributed by atoms with Gasteiger partial charge in [0.25, 0.3) is 0 Å². The van der Waals surface area contributed by atoms with E-state index in [-0.39, 0.29) is 29.3 Å². The molecule has 0 saturated heterocycles. The molecular formula is C27H38N2O3S. The standard InChI is InChI=1S/C27H38N2O3S/c1-15(2)28-26(33)29(16(3)4)24(30)23-11-10-22-21-9-6-17-14-18(25(31)32)7-8-19(17)20(21)12-13-27(22,23)5/h7-8,14-16,20-23H,6,9-13H2,1-5H3,(H,28,33)(H,31,32)/t20-,21-,22+,23-,27+/m1/s1. The summed E-state index contributed by atoms with van der Waals surface area (Å²) in [5, 5.41) is 13.2. The van der Waals surface area contributed by atoms with Gasteiger partial charge in [-0.25, -0.2) is 4.79 Å². The molecule has 1 amide bonds. The van der Waals surface area contributed by atoms with Crippen molar-refractivity contribution in [3.05, 3.63) is 34.9 Å². The van der Waals surface area contributed by atoms with Crippen LogP contribution in [0.15, 0.2) is 18.2 Å². The lowest BCUT2D eigenvalue weighted by Crippen LogP contribution is -2.54. The van der Waals surface area contributed by atoms with Crippen molar-refractivity contribution in [2.24, 2.45) is 23.2 Å². The van der Waals surface area contributed by atoms with Gasteiger partial charge in [-0.05, 0) is 125 Å². The number of nitrogens with zero attached hydrogens (tertiary/aromatic N) is 1. The van der Waals surface area contributed by atoms with Gasteiger partial charge in [0.2, 0.25) is 5.91 Å². The molecule has 180 valence electrons. The van der Waals surface area contributed by atoms with E-state index in [9.17, 15) is 14.7 Å². The van der Waals surface area contributed by atoms with E-state index in [1.807, 2.05) is 38.7 Å². The van der Waals surface area contributed by atoms with Gasteiger partial charge in [0.15, 0.2) is 5.11 Å². The number of nitrogens with one attached hydrogen (secondary N) is 1. The summed E-state index contributed by atoms with van der Waals surface area (Å²) in [5.74, 6) is 0.917. The summed E-state index contributed by atoms with van der Waals surface area (Å²) < 4.78 is 0. The highest BCUT2D eigenvalue weighted by Gasteiger charge is 2.57. The highest BCUT2D eigenvalue weighted by Crippen LogP contribution is 2.63. The van der Waals surface area contributed by atoms with Gasteiger partial charge in [0.05, 0.1) is 5.56 Å². The Morgan fingerprint density at radius 2 is 1.88 bits per heavy atom. The largest absolute Gasteiger partial charge is 0.478 e. The van der Waals surface area contributed by atoms with Crippen LogP contribution in [0.3, 0.4) is 0 Å². The summed E-state index contributed by atoms with van der Waals surface area (Å²) in [6.07, 6.45) is 6.14. The molecule has 2 fully saturated rings. The van der Waals surface area contributed by atoms with Crippen molar-refractivity contribution in [1.29, 1.82) is 0 Å². The zero-order valence-electron chi connectivity index (χ0n) is 20.6. The molecule has 0 aliphatic heterocycles. The smallest absolute Gasteiger partial charge is 0.335 e. The second-order valence-electron chi connectivity index (χ2n) is 11.2. The van der Waals surface area contributed by atoms with E-state index in [0.29, 0.717) is 28.4 Å². The van der Waals surface area contributed by atoms with E-state index < -0.39 is 5.97 Å². The van der Waals surface area contributed by atoms with Gasteiger partial charge < -0.3 is 10.4 Å². The number of carboxylic acid groups (broad SMARTS) is 1. The van der Waals surface area contributed by atoms with Gasteiger partial charge in [-0.3, -0.25) is 9.69 Å². The molecule has 0 radical (unpaired) electrons. The van der Waals surface area contributed by atoms with Crippen LogP contribution in [0.1, 0.15) is 94.1 Å². The van der Waals surface area contributed by atoms with Crippen LogP contribution < -0.4 is 5.32 Å². The monoisotopic (exact) mass is 470 g/mol. The molecule has 2 saturated carbocycles. The van der Waals surface area contributed by atoms with Crippen molar-refractivity contribution in [3.8, 4) is 0 Å². The van der Waals surface area contributed by atoms with Crippen molar-refractivity contribution in [2.75, 3.05) is 0 Å². The third-order valence-electron chi connectivity index (χ3n) is 8.66. The number of benzene rings is 1. The van der Waals surface area contributed by atoms with Gasteiger partial charge in [0, 0.05) is 18.0 Å². The molecule has 0 spiro atoms. The van der Waals surface area contributed by atoms with E-state index in [4.69, 9.17) is 12.2 Å². The number of rotatable bonds is 4. The first-order valence-electron chi connectivity index (χ1n) is 12.5. The molecule has 0 aromatic heterocycles. The predicted octanol–water partition coefficient (Wildman–Crippen LogP) is 5.38. The van der Waals surface area contributed by atoms with Crippen LogP contribution in [-0.4, -0.2) is 39.1 Å². The molecule has 2 N–H and O–H groups in total. The van der Waals surface area contributed by atoms with Crippen molar-refractivity contribution < 1.29 is 14.7 Å². The van der Waals surface area contributed by atoms with E-state index in [0.717, 1.165) is 38.5 Å². The van der Waals surface area contributed by atoms with E-state index in [1.165, 1.54) is 11.1 Å². The lowest BCUT2D eigenvalue weighted by molar-refractivity contribution is -0.138. The highest BCUT2D eigenvalue weighted by molar-refractivity contribution is 7.80. The minimum absolute atomic E-state index is 0.00264. The van der Waals surface area contributed by atoms with Crippen LogP contribution in [0.5, 0.6) is 0 Å². The average Bonchev–Trinajstić information content (AvgIpc) is 3.09. The lowest BCUT2D eigenvalue weighted by atomic mass is 9.54. The van der Waals surface area contributed by atoms with Crippen LogP contribution in [0.4, 0.5) is 0 Å². The normalized spacial score (nSPS) is 30.4. The first kappa shape index (κ1) is 24.2. The average molecular weight is 471 g/mol. The second kappa shape index (κ2) is 9.01. The fraction of sp³-hybridized carbons (Fsp3) is 0.667. The number of fused-ring (bicyclic) bond motifs is 5. The van der Waals surface area contributed by atoms with Crippen molar-refractivity contribution in [3.63, 3.8) is 0 Å². The van der Waals surface area contributed by atoms with Gasteiger partial charge in [0.1, 0.15) is 0 Å². The molecule has 3 aliphatic rings. The number of thiocarbonyl (C=S) groups is 1. The summed E-state index contributed by atoms with van der Waals surface area (Å²) in [4.78, 5) is 27.1. The van der Waals surface area contributed by atoms with Crippen LogP contribution >= 0.6 is 12.2 Å². The Labute approximate surface area is 203 Å². The molecule has 33 heavy (non-hydrogen) atoms. The highest BCUT2D eigenvalue weighted by atomic mass is 32.1. The zero-order valence-corrected chi connectivity index (χ0v) is 21.4. The quantitative estimate of drug-likeness (QED) is 0.579. The SMILES string of the molecule is CC(C)NC(=S)N(C(=O)[C@H]1CC[C@H]2[C@@H]3CCc4cc(C(=O)O)ccc4[C@H]3CC[C@]12C)C(C)C. The van der Waals surface area contributed by atoms with Gasteiger partial charge in [-0.2, -0.15) is 0 Å². The number of carboxylic acids is 1. The molecule has 0 bridgehead atoms. The van der Waals surface area contributed by atoms with Crippen LogP contribution in [0, 0.1) is 23.2 Å². The molecule has 0 unspecified atom stereocenters. The maximum absolute atomic E-state index is 13.9. The zero-order chi connectivity index (χ0) is 24.1. The maximum atomic E-state index is 13.9. The number of hydrogen-bond donors (Lipinski definition) is 2. The Kier molecular flexibility index (Phi) is 6.60. The molecule has 5 atom stereocenters. The number of aryl methyl sites for hydroxylation is 1. The number of amides is 1. The van der Waals surface area contributed by atoms with Gasteiger partial charge in [-0.15, -0.1) is 0 Å². The Morgan fingerprint density at radius 3 is 2.52 bits per heavy atom. The molecule has 4 rings (SSSR count). The minimum Gasteiger partial charge on any atom is -0.478 e. The van der Waals surface area contributed by atoms with Crippen molar-refractivity contribution in [2.45, 2.75) is 91.1 Å². The summed E-state index contributed by atoms with van der Waals surface area (Å²) >= 11 is 5.64. The van der Waals surface area contributed by atoms with Gasteiger partial charge >= 0.3 is 5.97 Å². The predicted molar refractivity (Wildman–Crippen MR) is 134 cm³/mol. The van der Waals surface area contributed by atoms with Crippen LogP contribution in [-0.2, 0) is 11.2 Å². The van der Waals surface area contributed by atoms with Gasteiger partial charge in [-0.1, -0.05) is 13.0 Å². The molecule has 3 aliphatic carbocycles. The number of carbonyl (C=O) groups is 2. The number of hydrogen-bond acceptors (Lipinski definition) is 3. The molecule has 6 heteroatoms. The van der Waals surface area contributed by atoms with E-state index in [1.54, 1.807) is 6.07 Å². The fourth-order valence-electron chi connectivity index (χ4n) is 7.19. The molecular weight excluding hydrogens is 432 g/mol. The topological polar surface area (TPSA) is 69.6 Å². The summed E-state index contributed by atoms with van der Waals surface area (Å²) in [5.41, 5.74) is 2.94. The van der Waals surface area contributed by atoms with Crippen LogP contribution in [0.2, 0.25) is 0 Å². The first-order chi connectivity index (χ1) is 15.5. The molecule has 1 aromatic carbocycles. The summed E-state index contributed by atoms with van der Waals surface area (Å²) in [6.45, 7) is 10.5. The lowest BCUT2D eigenvalue weighted by Gasteiger charge is -2.51. The third kappa shape index (κ3) is 4.20. The Hall–Kier alpha value is -1.95. The van der Waals surface area contributed by atoms with Crippen LogP contribution in [0.25, 0.3) is 0 Å². The second-order valence-corrected chi connectivity index (χ2v) is 11.6. The van der Waals surface area contributed by atoms with Crippen molar-refractivity contribution in [1.82, 2.24) is 10.2 Å². The Bertz CT molecular complexity index is 959. The van der Waals surface area contributed by atoms with E-state index in [2.05, 4.69) is 18.3 Å². The molecule has 5 nitrogen and oxygen atoms in total. The maximum Gasteiger partial charge on any atom is 0.335 e. The summed E-state index contributed by atoms with van der Waals surface area (Å²) in [6, 6.07) is 5.93. The molecule has 0 heterocycles. The minimum atomic E-state index is -0.854. The summed E-state index contributed by atoms with van der Waals surface area (Å²) in [7, 11) is 0. The fourth-order valence-corrected chi connectivity index (χ4v) is 7.73.